The number of aromatic nitrogens is 1. The fourth-order valence-corrected chi connectivity index (χ4v) is 2.26. The lowest BCUT2D eigenvalue weighted by atomic mass is 10.2. The molecule has 0 amide bonds. The van der Waals surface area contributed by atoms with Crippen molar-refractivity contribution < 1.29 is 23.1 Å². The molecule has 1 heterocycles. The molecule has 21 heavy (non-hydrogen) atoms. The zero-order valence-electron chi connectivity index (χ0n) is 11.2. The van der Waals surface area contributed by atoms with Crippen molar-refractivity contribution in [3.05, 3.63) is 53.9 Å². The van der Waals surface area contributed by atoms with E-state index in [2.05, 4.69) is 4.98 Å². The maximum absolute atomic E-state index is 11.3. The van der Waals surface area contributed by atoms with Gasteiger partial charge in [-0.1, -0.05) is 0 Å². The van der Waals surface area contributed by atoms with Crippen LogP contribution in [0.3, 0.4) is 0 Å². The molecule has 1 aromatic heterocycles. The Kier molecular flexibility index (Phi) is 4.23. The van der Waals surface area contributed by atoms with E-state index in [0.29, 0.717) is 11.3 Å². The second-order valence-corrected chi connectivity index (χ2v) is 6.40. The van der Waals surface area contributed by atoms with E-state index in [1.54, 1.807) is 18.2 Å². The monoisotopic (exact) mass is 307 g/mol. The van der Waals surface area contributed by atoms with Gasteiger partial charge in [-0.25, -0.2) is 18.2 Å². The number of carboxylic acids is 1. The highest BCUT2D eigenvalue weighted by Gasteiger charge is 2.07. The molecule has 2 rings (SSSR count). The van der Waals surface area contributed by atoms with Crippen LogP contribution in [0.15, 0.2) is 47.5 Å². The largest absolute Gasteiger partial charge is 0.489 e. The van der Waals surface area contributed by atoms with Crippen molar-refractivity contribution in [2.75, 3.05) is 6.26 Å². The van der Waals surface area contributed by atoms with E-state index >= 15 is 0 Å². The molecule has 0 unspecified atom stereocenters. The van der Waals surface area contributed by atoms with Gasteiger partial charge in [0, 0.05) is 12.5 Å². The first kappa shape index (κ1) is 15.0. The molecule has 0 fully saturated rings. The Balaban J connectivity index is 2.06. The fraction of sp³-hybridized carbons (Fsp3) is 0.143. The lowest BCUT2D eigenvalue weighted by molar-refractivity contribution is 0.0690. The number of nitrogens with zero attached hydrogens (tertiary/aromatic N) is 1. The molecule has 0 aliphatic carbocycles. The third-order valence-electron chi connectivity index (χ3n) is 2.70. The topological polar surface area (TPSA) is 93.6 Å². The van der Waals surface area contributed by atoms with Crippen molar-refractivity contribution in [3.63, 3.8) is 0 Å². The summed E-state index contributed by atoms with van der Waals surface area (Å²) in [7, 11) is -3.23. The molecule has 0 spiro atoms. The summed E-state index contributed by atoms with van der Waals surface area (Å²) in [6.07, 6.45) is 2.53. The Hall–Kier alpha value is -2.41. The summed E-state index contributed by atoms with van der Waals surface area (Å²) in [5.74, 6) is -0.606. The van der Waals surface area contributed by atoms with Crippen molar-refractivity contribution in [1.82, 2.24) is 4.98 Å². The SMILES string of the molecule is CS(=O)(=O)c1ccc(OCc2ccnc(C(=O)O)c2)cc1. The Morgan fingerprint density at radius 1 is 1.24 bits per heavy atom. The summed E-state index contributed by atoms with van der Waals surface area (Å²) in [4.78, 5) is 14.7. The number of carboxylic acid groups (broad SMARTS) is 1. The highest BCUT2D eigenvalue weighted by molar-refractivity contribution is 7.90. The number of ether oxygens (including phenoxy) is 1. The molecule has 6 nitrogen and oxygen atoms in total. The van der Waals surface area contributed by atoms with Gasteiger partial charge in [0.25, 0.3) is 0 Å². The van der Waals surface area contributed by atoms with Crippen LogP contribution >= 0.6 is 0 Å². The Labute approximate surface area is 121 Å². The number of pyridine rings is 1. The number of hydrogen-bond donors (Lipinski definition) is 1. The zero-order chi connectivity index (χ0) is 15.5. The molecule has 7 heteroatoms. The number of hydrogen-bond acceptors (Lipinski definition) is 5. The molecule has 1 aromatic carbocycles. The molecular formula is C14H13NO5S. The highest BCUT2D eigenvalue weighted by Crippen LogP contribution is 2.17. The van der Waals surface area contributed by atoms with E-state index < -0.39 is 15.8 Å². The molecule has 0 radical (unpaired) electrons. The Morgan fingerprint density at radius 3 is 2.48 bits per heavy atom. The first-order valence-corrected chi connectivity index (χ1v) is 7.86. The minimum atomic E-state index is -3.23. The number of rotatable bonds is 5. The van der Waals surface area contributed by atoms with Gasteiger partial charge in [0.1, 0.15) is 18.1 Å². The van der Waals surface area contributed by atoms with Crippen molar-refractivity contribution in [1.29, 1.82) is 0 Å². The molecule has 2 aromatic rings. The summed E-state index contributed by atoms with van der Waals surface area (Å²) in [5.41, 5.74) is 0.609. The van der Waals surface area contributed by atoms with E-state index in [0.717, 1.165) is 6.26 Å². The van der Waals surface area contributed by atoms with Gasteiger partial charge >= 0.3 is 5.97 Å². The standard InChI is InChI=1S/C14H13NO5S/c1-21(18,19)12-4-2-11(3-5-12)20-9-10-6-7-15-13(8-10)14(16)17/h2-8H,9H2,1H3,(H,16,17). The summed E-state index contributed by atoms with van der Waals surface area (Å²) >= 11 is 0. The van der Waals surface area contributed by atoms with E-state index in [-0.39, 0.29) is 17.2 Å². The van der Waals surface area contributed by atoms with Gasteiger partial charge in [0.05, 0.1) is 4.90 Å². The minimum absolute atomic E-state index is 0.0523. The van der Waals surface area contributed by atoms with Crippen molar-refractivity contribution in [2.45, 2.75) is 11.5 Å². The quantitative estimate of drug-likeness (QED) is 0.904. The molecule has 0 bridgehead atoms. The van der Waals surface area contributed by atoms with Crippen LogP contribution in [0.4, 0.5) is 0 Å². The van der Waals surface area contributed by atoms with E-state index in [9.17, 15) is 13.2 Å². The van der Waals surface area contributed by atoms with E-state index in [1.165, 1.54) is 24.4 Å². The third-order valence-corrected chi connectivity index (χ3v) is 3.83. The molecule has 0 aliphatic heterocycles. The average molecular weight is 307 g/mol. The first-order valence-electron chi connectivity index (χ1n) is 5.97. The summed E-state index contributed by atoms with van der Waals surface area (Å²) in [6.45, 7) is 0.168. The second kappa shape index (κ2) is 5.92. The lowest BCUT2D eigenvalue weighted by Gasteiger charge is -2.07. The fourth-order valence-electron chi connectivity index (χ4n) is 1.63. The third kappa shape index (κ3) is 4.03. The molecule has 0 aliphatic rings. The molecule has 0 saturated heterocycles. The molecule has 1 N–H and O–H groups in total. The predicted octanol–water partition coefficient (Wildman–Crippen LogP) is 1.76. The van der Waals surface area contributed by atoms with Gasteiger partial charge in [-0.15, -0.1) is 0 Å². The normalized spacial score (nSPS) is 11.1. The maximum Gasteiger partial charge on any atom is 0.354 e. The predicted molar refractivity (Wildman–Crippen MR) is 75.1 cm³/mol. The highest BCUT2D eigenvalue weighted by atomic mass is 32.2. The van der Waals surface area contributed by atoms with Gasteiger partial charge in [-0.2, -0.15) is 0 Å². The van der Waals surface area contributed by atoms with Gasteiger partial charge < -0.3 is 9.84 Å². The van der Waals surface area contributed by atoms with Crippen LogP contribution < -0.4 is 4.74 Å². The van der Waals surface area contributed by atoms with Gasteiger partial charge in [-0.3, -0.25) is 0 Å². The summed E-state index contributed by atoms with van der Waals surface area (Å²) in [6, 6.07) is 9.09. The van der Waals surface area contributed by atoms with Crippen molar-refractivity contribution >= 4 is 15.8 Å². The van der Waals surface area contributed by atoms with Crippen molar-refractivity contribution in [2.24, 2.45) is 0 Å². The number of benzene rings is 1. The van der Waals surface area contributed by atoms with Crippen LogP contribution in [-0.4, -0.2) is 30.7 Å². The Morgan fingerprint density at radius 2 is 1.90 bits per heavy atom. The molecule has 110 valence electrons. The number of sulfone groups is 1. The molecule has 0 atom stereocenters. The smallest absolute Gasteiger partial charge is 0.354 e. The average Bonchev–Trinajstić information content (AvgIpc) is 2.45. The van der Waals surface area contributed by atoms with Crippen LogP contribution in [0, 0.1) is 0 Å². The van der Waals surface area contributed by atoms with E-state index in [4.69, 9.17) is 9.84 Å². The second-order valence-electron chi connectivity index (χ2n) is 4.39. The van der Waals surface area contributed by atoms with Gasteiger partial charge in [0.2, 0.25) is 0 Å². The number of carbonyl (C=O) groups is 1. The minimum Gasteiger partial charge on any atom is -0.489 e. The summed E-state index contributed by atoms with van der Waals surface area (Å²) in [5, 5.41) is 8.84. The van der Waals surface area contributed by atoms with Crippen LogP contribution in [0.2, 0.25) is 0 Å². The first-order chi connectivity index (χ1) is 9.86. The zero-order valence-corrected chi connectivity index (χ0v) is 12.0. The van der Waals surface area contributed by atoms with E-state index in [1.807, 2.05) is 0 Å². The Bertz CT molecular complexity index is 753. The lowest BCUT2D eigenvalue weighted by Crippen LogP contribution is -2.03. The van der Waals surface area contributed by atoms with Crippen LogP contribution in [0.5, 0.6) is 5.75 Å². The molecular weight excluding hydrogens is 294 g/mol. The van der Waals surface area contributed by atoms with Gasteiger partial charge in [0.15, 0.2) is 9.84 Å². The molecule has 0 saturated carbocycles. The van der Waals surface area contributed by atoms with Gasteiger partial charge in [-0.05, 0) is 42.0 Å². The van der Waals surface area contributed by atoms with Crippen LogP contribution in [-0.2, 0) is 16.4 Å². The van der Waals surface area contributed by atoms with Crippen molar-refractivity contribution in [3.8, 4) is 5.75 Å². The van der Waals surface area contributed by atoms with Crippen LogP contribution in [0.25, 0.3) is 0 Å². The summed E-state index contributed by atoms with van der Waals surface area (Å²) < 4.78 is 28.1. The maximum atomic E-state index is 11.3. The van der Waals surface area contributed by atoms with Crippen LogP contribution in [0.1, 0.15) is 16.1 Å². The number of aromatic carboxylic acids is 1.